The lowest BCUT2D eigenvalue weighted by Gasteiger charge is -2.35. The lowest BCUT2D eigenvalue weighted by Crippen LogP contribution is -2.46. The molecule has 1 fully saturated rings. The van der Waals surface area contributed by atoms with E-state index in [-0.39, 0.29) is 0 Å². The van der Waals surface area contributed by atoms with Gasteiger partial charge >= 0.3 is 0 Å². The maximum Gasteiger partial charge on any atom is 0.236 e. The molecule has 1 heterocycles. The summed E-state index contributed by atoms with van der Waals surface area (Å²) >= 11 is 0. The number of carbonyl (C=O) groups excluding carboxylic acids is 2. The summed E-state index contributed by atoms with van der Waals surface area (Å²) in [5, 5.41) is 0. The highest BCUT2D eigenvalue weighted by atomic mass is 16.5. The number of amides is 1. The molecule has 7 nitrogen and oxygen atoms in total. The smallest absolute Gasteiger partial charge is 0.236 e. The number of hydrogen-bond acceptors (Lipinski definition) is 6. The maximum absolute atomic E-state index is 13.9. The Morgan fingerprint density at radius 3 is 1.20 bits per heavy atom. The number of piperidine rings is 1. The number of ether oxygens (including phenoxy) is 1. The average Bonchev–Trinajstić information content (AvgIpc) is 3.31. The number of nitrogens with zero attached hydrogens (tertiary/aromatic N) is 4. The van der Waals surface area contributed by atoms with Crippen LogP contribution in [0.1, 0.15) is 266 Å². The minimum Gasteiger partial charge on any atom is -0.385 e. The molecule has 1 aliphatic heterocycles. The summed E-state index contributed by atoms with van der Waals surface area (Å²) in [6, 6.07) is 0. The van der Waals surface area contributed by atoms with Crippen LogP contribution >= 0.6 is 0 Å². The lowest BCUT2D eigenvalue weighted by atomic mass is 9.93. The van der Waals surface area contributed by atoms with Crippen LogP contribution in [0.25, 0.3) is 0 Å². The fourth-order valence-electron chi connectivity index (χ4n) is 9.42. The van der Waals surface area contributed by atoms with Gasteiger partial charge in [0.2, 0.25) is 5.91 Å². The van der Waals surface area contributed by atoms with E-state index in [4.69, 9.17) is 4.74 Å². The predicted molar refractivity (Wildman–Crippen MR) is 282 cm³/mol. The van der Waals surface area contributed by atoms with E-state index in [0.717, 1.165) is 78.0 Å². The predicted octanol–water partition coefficient (Wildman–Crippen LogP) is 15.3. The summed E-state index contributed by atoms with van der Waals surface area (Å²) < 4.78 is 4.84. The summed E-state index contributed by atoms with van der Waals surface area (Å²) in [5.41, 5.74) is 0. The van der Waals surface area contributed by atoms with Crippen LogP contribution in [0.3, 0.4) is 0 Å². The summed E-state index contributed by atoms with van der Waals surface area (Å²) in [6.45, 7) is 23.8. The minimum atomic E-state index is 0.372. The Kier molecular flexibility index (Phi) is 50.6. The zero-order valence-electron chi connectivity index (χ0n) is 44.6. The summed E-state index contributed by atoms with van der Waals surface area (Å²) in [6.07, 6.45) is 47.9. The summed E-state index contributed by atoms with van der Waals surface area (Å²) in [5.74, 6) is 1.09. The monoisotopic (exact) mass is 905 g/mol. The first-order valence-corrected chi connectivity index (χ1v) is 28.9. The molecule has 0 atom stereocenters. The molecule has 1 saturated heterocycles. The number of rotatable bonds is 48. The zero-order valence-corrected chi connectivity index (χ0v) is 44.6. The van der Waals surface area contributed by atoms with E-state index in [1.54, 1.807) is 7.11 Å². The summed E-state index contributed by atoms with van der Waals surface area (Å²) in [7, 11) is 1.75. The zero-order chi connectivity index (χ0) is 46.8. The van der Waals surface area contributed by atoms with E-state index in [0.29, 0.717) is 24.8 Å². The van der Waals surface area contributed by atoms with Gasteiger partial charge in [0.05, 0.1) is 6.54 Å². The van der Waals surface area contributed by atoms with Gasteiger partial charge in [-0.2, -0.15) is 0 Å². The van der Waals surface area contributed by atoms with Gasteiger partial charge in [0.25, 0.3) is 0 Å². The van der Waals surface area contributed by atoms with Crippen molar-refractivity contribution in [2.24, 2.45) is 5.92 Å². The van der Waals surface area contributed by atoms with Crippen LogP contribution in [-0.2, 0) is 14.3 Å². The highest BCUT2D eigenvalue weighted by Crippen LogP contribution is 2.22. The number of methoxy groups -OCH3 is 1. The standard InChI is InChI=1S/C51H102N4O2.C6H14O/c1-5-9-13-17-21-25-29-38-52(41-33-34-48-56)43-35-50-36-44-55(45-37-50)51(57)49-54(42-32-28-24-20-16-12-8-4)47-46-53(39-30-26-22-18-14-10-6-2)40-31-27-23-19-15-11-7-3;1-3-4-5-6-7-2/h48,50H,5-47,49H2,1-4H3;3-6H2,1-2H3. The van der Waals surface area contributed by atoms with E-state index in [1.807, 2.05) is 0 Å². The maximum atomic E-state index is 13.9. The molecule has 1 amide bonds. The van der Waals surface area contributed by atoms with E-state index in [9.17, 15) is 9.59 Å². The topological polar surface area (TPSA) is 56.3 Å². The van der Waals surface area contributed by atoms with Crippen LogP contribution in [-0.4, -0.2) is 118 Å². The number of unbranched alkanes of at least 4 members (excludes halogenated alkanes) is 27. The van der Waals surface area contributed by atoms with Gasteiger partial charge in [0, 0.05) is 46.3 Å². The van der Waals surface area contributed by atoms with Gasteiger partial charge in [0.1, 0.15) is 6.29 Å². The highest BCUT2D eigenvalue weighted by molar-refractivity contribution is 5.78. The molecule has 0 radical (unpaired) electrons. The number of carbonyl (C=O) groups is 2. The second-order valence-electron chi connectivity index (χ2n) is 20.1. The van der Waals surface area contributed by atoms with Crippen molar-refractivity contribution in [2.45, 2.75) is 266 Å². The van der Waals surface area contributed by atoms with Crippen LogP contribution < -0.4 is 0 Å². The summed E-state index contributed by atoms with van der Waals surface area (Å²) in [4.78, 5) is 35.1. The van der Waals surface area contributed by atoms with E-state index in [1.165, 1.54) is 225 Å². The van der Waals surface area contributed by atoms with Gasteiger partial charge in [-0.05, 0) is 103 Å². The molecule has 0 aromatic carbocycles. The van der Waals surface area contributed by atoms with Crippen molar-refractivity contribution in [1.29, 1.82) is 0 Å². The molecule has 0 bridgehead atoms. The van der Waals surface area contributed by atoms with Gasteiger partial charge in [0.15, 0.2) is 0 Å². The van der Waals surface area contributed by atoms with E-state index in [2.05, 4.69) is 54.2 Å². The first-order chi connectivity index (χ1) is 31.5. The van der Waals surface area contributed by atoms with Gasteiger partial charge in [-0.15, -0.1) is 0 Å². The molecule has 1 aliphatic rings. The van der Waals surface area contributed by atoms with Crippen molar-refractivity contribution in [2.75, 3.05) is 85.7 Å². The third-order valence-corrected chi connectivity index (χ3v) is 14.0. The van der Waals surface area contributed by atoms with Gasteiger partial charge in [-0.25, -0.2) is 0 Å². The molecule has 1 rings (SSSR count). The molecule has 382 valence electrons. The van der Waals surface area contributed by atoms with Crippen LogP contribution in [0.15, 0.2) is 0 Å². The van der Waals surface area contributed by atoms with Crippen molar-refractivity contribution in [3.63, 3.8) is 0 Å². The Morgan fingerprint density at radius 2 is 0.797 bits per heavy atom. The van der Waals surface area contributed by atoms with Crippen molar-refractivity contribution >= 4 is 12.2 Å². The Bertz CT molecular complexity index is 906. The van der Waals surface area contributed by atoms with E-state index >= 15 is 0 Å². The Balaban J connectivity index is 0.00000520. The second kappa shape index (κ2) is 51.4. The van der Waals surface area contributed by atoms with Crippen LogP contribution in [0, 0.1) is 5.92 Å². The molecule has 0 unspecified atom stereocenters. The molecule has 0 N–H and O–H groups in total. The molecule has 0 aromatic rings. The lowest BCUT2D eigenvalue weighted by molar-refractivity contribution is -0.134. The molecule has 0 spiro atoms. The normalized spacial score (nSPS) is 13.4. The quantitative estimate of drug-likeness (QED) is 0.0448. The fourth-order valence-corrected chi connectivity index (χ4v) is 9.42. The number of likely N-dealkylation sites (tertiary alicyclic amines) is 1. The molecular weight excluding hydrogens is 789 g/mol. The number of hydrogen-bond donors (Lipinski definition) is 0. The molecule has 0 aliphatic carbocycles. The van der Waals surface area contributed by atoms with Gasteiger partial charge in [-0.1, -0.05) is 202 Å². The highest BCUT2D eigenvalue weighted by Gasteiger charge is 2.25. The van der Waals surface area contributed by atoms with Gasteiger partial charge in [-0.3, -0.25) is 9.69 Å². The third kappa shape index (κ3) is 42.3. The van der Waals surface area contributed by atoms with Crippen molar-refractivity contribution in [3.8, 4) is 0 Å². The minimum absolute atomic E-state index is 0.372. The van der Waals surface area contributed by atoms with Crippen LogP contribution in [0.2, 0.25) is 0 Å². The molecule has 0 aromatic heterocycles. The van der Waals surface area contributed by atoms with Crippen LogP contribution in [0.5, 0.6) is 0 Å². The average molecular weight is 906 g/mol. The largest absolute Gasteiger partial charge is 0.385 e. The van der Waals surface area contributed by atoms with Crippen LogP contribution in [0.4, 0.5) is 0 Å². The van der Waals surface area contributed by atoms with Crippen molar-refractivity contribution in [1.82, 2.24) is 19.6 Å². The SMILES string of the molecule is CCCCCCCCCN(CCCC=O)CCC1CCN(C(=O)CN(CCCCCCCCC)CCN(CCCCCCCCC)CCCCCCCCC)CC1.CCCCCOC. The Hall–Kier alpha value is -1.02. The molecular formula is C57H116N4O3. The molecule has 64 heavy (non-hydrogen) atoms. The first kappa shape index (κ1) is 63.0. The molecule has 7 heteroatoms. The van der Waals surface area contributed by atoms with Crippen molar-refractivity contribution in [3.05, 3.63) is 0 Å². The third-order valence-electron chi connectivity index (χ3n) is 14.0. The Labute approximate surface area is 402 Å². The fraction of sp³-hybridized carbons (Fsp3) is 0.965. The Morgan fingerprint density at radius 1 is 0.453 bits per heavy atom. The second-order valence-corrected chi connectivity index (χ2v) is 20.1. The van der Waals surface area contributed by atoms with Crippen molar-refractivity contribution < 1.29 is 14.3 Å². The first-order valence-electron chi connectivity index (χ1n) is 28.9. The van der Waals surface area contributed by atoms with E-state index < -0.39 is 0 Å². The number of aldehydes is 1. The molecule has 0 saturated carbocycles. The van der Waals surface area contributed by atoms with Gasteiger partial charge < -0.3 is 24.2 Å².